The highest BCUT2D eigenvalue weighted by atomic mass is 16.2. The van der Waals surface area contributed by atoms with Gasteiger partial charge in [-0.05, 0) is 19.8 Å². The maximum atomic E-state index is 12.5. The molecule has 1 aromatic rings. The van der Waals surface area contributed by atoms with Crippen molar-refractivity contribution in [2.75, 3.05) is 5.32 Å². The smallest absolute Gasteiger partial charge is 0.226 e. The number of rotatable bonds is 35. The molecular weight excluding hydrogens is 592 g/mol. The van der Waals surface area contributed by atoms with Gasteiger partial charge in [0.1, 0.15) is 0 Å². The lowest BCUT2D eigenvalue weighted by Crippen LogP contribution is -2.26. The van der Waals surface area contributed by atoms with Gasteiger partial charge in [-0.2, -0.15) is 0 Å². The van der Waals surface area contributed by atoms with Crippen LogP contribution in [0.1, 0.15) is 238 Å². The number of carbonyl (C=O) groups is 2. The summed E-state index contributed by atoms with van der Waals surface area (Å²) < 4.78 is 1.84. The molecular formula is C42H80N4O2. The minimum atomic E-state index is -0.179. The molecule has 280 valence electrons. The van der Waals surface area contributed by atoms with E-state index in [0.717, 1.165) is 31.4 Å². The van der Waals surface area contributed by atoms with Gasteiger partial charge in [0.05, 0.1) is 11.7 Å². The minimum absolute atomic E-state index is 0.0230. The van der Waals surface area contributed by atoms with Gasteiger partial charge in [0, 0.05) is 26.1 Å². The van der Waals surface area contributed by atoms with Crippen LogP contribution in [-0.4, -0.2) is 21.4 Å². The van der Waals surface area contributed by atoms with Gasteiger partial charge in [-0.25, -0.2) is 4.98 Å². The summed E-state index contributed by atoms with van der Waals surface area (Å²) in [5.74, 6) is 0.663. The minimum Gasteiger partial charge on any atom is -0.348 e. The van der Waals surface area contributed by atoms with Gasteiger partial charge in [-0.3, -0.25) is 14.9 Å². The molecule has 1 heterocycles. The molecule has 0 aromatic carbocycles. The van der Waals surface area contributed by atoms with Gasteiger partial charge < -0.3 is 9.88 Å². The number of hydrogen-bond acceptors (Lipinski definition) is 3. The van der Waals surface area contributed by atoms with Crippen LogP contribution in [0.15, 0.2) is 6.20 Å². The number of anilines is 1. The largest absolute Gasteiger partial charge is 0.348 e. The first kappa shape index (κ1) is 44.2. The van der Waals surface area contributed by atoms with Crippen LogP contribution >= 0.6 is 0 Å². The predicted molar refractivity (Wildman–Crippen MR) is 207 cm³/mol. The molecule has 0 aliphatic rings. The highest BCUT2D eigenvalue weighted by molar-refractivity contribution is 5.89. The second-order valence-corrected chi connectivity index (χ2v) is 14.8. The monoisotopic (exact) mass is 673 g/mol. The fourth-order valence-electron chi connectivity index (χ4n) is 6.70. The molecule has 1 atom stereocenters. The molecule has 0 saturated heterocycles. The van der Waals surface area contributed by atoms with E-state index in [1.165, 1.54) is 167 Å². The van der Waals surface area contributed by atoms with E-state index in [-0.39, 0.29) is 17.9 Å². The van der Waals surface area contributed by atoms with Crippen molar-refractivity contribution in [3.8, 4) is 0 Å². The lowest BCUT2D eigenvalue weighted by atomic mass is 10.0. The number of amides is 2. The number of imidazole rings is 1. The molecule has 1 rings (SSSR count). The molecule has 6 heteroatoms. The van der Waals surface area contributed by atoms with E-state index in [0.29, 0.717) is 18.8 Å². The zero-order valence-electron chi connectivity index (χ0n) is 32.5. The molecule has 0 aliphatic carbocycles. The summed E-state index contributed by atoms with van der Waals surface area (Å²) in [6.45, 7) is 6.53. The average Bonchev–Trinajstić information content (AvgIpc) is 3.44. The van der Waals surface area contributed by atoms with Crippen LogP contribution in [-0.2, 0) is 16.6 Å². The van der Waals surface area contributed by atoms with Crippen molar-refractivity contribution < 1.29 is 9.59 Å². The molecule has 0 saturated carbocycles. The van der Waals surface area contributed by atoms with Crippen LogP contribution in [0, 0.1) is 0 Å². The van der Waals surface area contributed by atoms with Gasteiger partial charge in [0.15, 0.2) is 0 Å². The van der Waals surface area contributed by atoms with Crippen molar-refractivity contribution in [1.82, 2.24) is 14.9 Å². The van der Waals surface area contributed by atoms with Gasteiger partial charge in [0.25, 0.3) is 0 Å². The molecule has 2 N–H and O–H groups in total. The van der Waals surface area contributed by atoms with Gasteiger partial charge in [0.2, 0.25) is 17.8 Å². The Balaban J connectivity index is 2.02. The van der Waals surface area contributed by atoms with Crippen LogP contribution in [0.3, 0.4) is 0 Å². The molecule has 0 bridgehead atoms. The SMILES string of the molecule is CCCCCCCCCCCCCCCCCC(=O)Nc1nc(C(C)NC(=O)CCCCCCCCCCCCCCCCC)cn1C. The molecule has 48 heavy (non-hydrogen) atoms. The van der Waals surface area contributed by atoms with Crippen molar-refractivity contribution in [3.63, 3.8) is 0 Å². The Morgan fingerprint density at radius 3 is 1.21 bits per heavy atom. The Bertz CT molecular complexity index is 883. The third-order valence-electron chi connectivity index (χ3n) is 9.98. The van der Waals surface area contributed by atoms with E-state index in [1.807, 2.05) is 24.7 Å². The summed E-state index contributed by atoms with van der Waals surface area (Å²) in [6.07, 6.45) is 42.7. The van der Waals surface area contributed by atoms with E-state index >= 15 is 0 Å². The van der Waals surface area contributed by atoms with E-state index in [9.17, 15) is 9.59 Å². The summed E-state index contributed by atoms with van der Waals surface area (Å²) in [5.41, 5.74) is 0.782. The average molecular weight is 673 g/mol. The van der Waals surface area contributed by atoms with Gasteiger partial charge in [-0.15, -0.1) is 0 Å². The highest BCUT2D eigenvalue weighted by Crippen LogP contribution is 2.18. The van der Waals surface area contributed by atoms with E-state index < -0.39 is 0 Å². The van der Waals surface area contributed by atoms with E-state index in [1.54, 1.807) is 0 Å². The summed E-state index contributed by atoms with van der Waals surface area (Å²) in [4.78, 5) is 29.7. The molecule has 0 aliphatic heterocycles. The van der Waals surface area contributed by atoms with Crippen LogP contribution in [0.2, 0.25) is 0 Å². The standard InChI is InChI=1S/C42H80N4O2/c1-5-7-9-11-13-15-17-19-21-23-25-27-29-31-33-35-40(47)43-38(3)39-37-46(4)42(44-39)45-41(48)36-34-32-30-28-26-24-22-20-18-16-14-12-10-8-6-2/h37-38H,5-36H2,1-4H3,(H,43,47)(H,44,45,48). The van der Waals surface area contributed by atoms with Crippen molar-refractivity contribution in [2.45, 2.75) is 232 Å². The third-order valence-corrected chi connectivity index (χ3v) is 9.98. The topological polar surface area (TPSA) is 76.0 Å². The van der Waals surface area contributed by atoms with Crippen molar-refractivity contribution >= 4 is 17.8 Å². The van der Waals surface area contributed by atoms with E-state index in [4.69, 9.17) is 0 Å². The van der Waals surface area contributed by atoms with Crippen molar-refractivity contribution in [1.29, 1.82) is 0 Å². The number of carbonyl (C=O) groups excluding carboxylic acids is 2. The Hall–Kier alpha value is -1.85. The Kier molecular flexibility index (Phi) is 29.8. The maximum Gasteiger partial charge on any atom is 0.226 e. The molecule has 1 aromatic heterocycles. The maximum absolute atomic E-state index is 12.5. The van der Waals surface area contributed by atoms with E-state index in [2.05, 4.69) is 29.5 Å². The fraction of sp³-hybridized carbons (Fsp3) is 0.881. The normalized spacial score (nSPS) is 12.0. The number of nitrogens with one attached hydrogen (secondary N) is 2. The van der Waals surface area contributed by atoms with Crippen LogP contribution < -0.4 is 10.6 Å². The van der Waals surface area contributed by atoms with Crippen LogP contribution in [0.4, 0.5) is 5.95 Å². The summed E-state index contributed by atoms with van der Waals surface area (Å²) in [5, 5.41) is 6.07. The summed E-state index contributed by atoms with van der Waals surface area (Å²) in [7, 11) is 1.89. The molecule has 0 fully saturated rings. The Morgan fingerprint density at radius 2 is 0.854 bits per heavy atom. The quantitative estimate of drug-likeness (QED) is 0.0705. The first-order valence-corrected chi connectivity index (χ1v) is 21.1. The lowest BCUT2D eigenvalue weighted by Gasteiger charge is -2.11. The highest BCUT2D eigenvalue weighted by Gasteiger charge is 2.16. The summed E-state index contributed by atoms with van der Waals surface area (Å²) in [6, 6.07) is -0.179. The molecule has 2 amide bonds. The van der Waals surface area contributed by atoms with Gasteiger partial charge >= 0.3 is 0 Å². The molecule has 1 unspecified atom stereocenters. The number of unbranched alkanes of at least 4 members (excludes halogenated alkanes) is 28. The number of hydrogen-bond donors (Lipinski definition) is 2. The Labute approximate surface area is 298 Å². The number of aryl methyl sites for hydroxylation is 1. The number of nitrogens with zero attached hydrogens (tertiary/aromatic N) is 2. The fourth-order valence-corrected chi connectivity index (χ4v) is 6.70. The van der Waals surface area contributed by atoms with Crippen molar-refractivity contribution in [2.24, 2.45) is 7.05 Å². The number of aromatic nitrogens is 2. The van der Waals surface area contributed by atoms with Gasteiger partial charge in [-0.1, -0.05) is 194 Å². The van der Waals surface area contributed by atoms with Crippen LogP contribution in [0.5, 0.6) is 0 Å². The predicted octanol–water partition coefficient (Wildman–Crippen LogP) is 13.1. The van der Waals surface area contributed by atoms with Crippen molar-refractivity contribution in [3.05, 3.63) is 11.9 Å². The Morgan fingerprint density at radius 1 is 0.542 bits per heavy atom. The molecule has 0 radical (unpaired) electrons. The second kappa shape index (κ2) is 32.4. The second-order valence-electron chi connectivity index (χ2n) is 14.8. The lowest BCUT2D eigenvalue weighted by molar-refractivity contribution is -0.122. The summed E-state index contributed by atoms with van der Waals surface area (Å²) >= 11 is 0. The molecule has 0 spiro atoms. The zero-order chi connectivity index (χ0) is 34.9. The van der Waals surface area contributed by atoms with Crippen LogP contribution in [0.25, 0.3) is 0 Å². The zero-order valence-corrected chi connectivity index (χ0v) is 32.5. The molecule has 6 nitrogen and oxygen atoms in total. The first-order valence-electron chi connectivity index (χ1n) is 21.1. The first-order chi connectivity index (χ1) is 23.5. The third kappa shape index (κ3) is 26.1.